The van der Waals surface area contributed by atoms with Gasteiger partial charge in [-0.05, 0) is 58.1 Å². The molecule has 2 aromatic carbocycles. The monoisotopic (exact) mass is 352 g/mol. The van der Waals surface area contributed by atoms with Crippen LogP contribution in [0.3, 0.4) is 0 Å². The smallest absolute Gasteiger partial charge is 0.119 e. The van der Waals surface area contributed by atoms with Crippen LogP contribution in [0.25, 0.3) is 0 Å². The van der Waals surface area contributed by atoms with E-state index < -0.39 is 0 Å². The van der Waals surface area contributed by atoms with Crippen LogP contribution < -0.4 is 0 Å². The van der Waals surface area contributed by atoms with Gasteiger partial charge in [-0.15, -0.1) is 0 Å². The van der Waals surface area contributed by atoms with E-state index in [1.807, 2.05) is 12.1 Å². The summed E-state index contributed by atoms with van der Waals surface area (Å²) in [6.45, 7) is 17.2. The molecule has 0 aliphatic heterocycles. The summed E-state index contributed by atoms with van der Waals surface area (Å²) in [7, 11) is 0. The Bertz CT molecular complexity index is 734. The van der Waals surface area contributed by atoms with Crippen molar-refractivity contribution in [2.45, 2.75) is 65.2 Å². The van der Waals surface area contributed by atoms with Crippen LogP contribution in [-0.4, -0.2) is 10.2 Å². The number of hydrogen-bond donors (Lipinski definition) is 2. The normalized spacial score (nSPS) is 12.2. The zero-order valence-corrected chi connectivity index (χ0v) is 17.0. The quantitative estimate of drug-likeness (QED) is 0.659. The Balaban J connectivity index is 2.22. The molecule has 0 spiro atoms. The van der Waals surface area contributed by atoms with Crippen molar-refractivity contribution in [2.75, 3.05) is 0 Å². The molecule has 0 aliphatic carbocycles. The molecule has 0 heterocycles. The molecule has 0 saturated carbocycles. The maximum Gasteiger partial charge on any atom is 0.119 e. The Morgan fingerprint density at radius 1 is 0.731 bits per heavy atom. The second-order valence-electron chi connectivity index (χ2n) is 9.29. The first-order chi connectivity index (χ1) is 11.9. The maximum absolute atomic E-state index is 10.2. The Morgan fingerprint density at radius 2 is 1.08 bits per heavy atom. The number of aromatic hydroxyl groups is 2. The third-order valence-corrected chi connectivity index (χ3v) is 4.77. The van der Waals surface area contributed by atoms with Gasteiger partial charge in [-0.2, -0.15) is 0 Å². The van der Waals surface area contributed by atoms with Crippen LogP contribution in [0.4, 0.5) is 0 Å². The zero-order chi connectivity index (χ0) is 19.7. The van der Waals surface area contributed by atoms with Crippen molar-refractivity contribution in [2.24, 2.45) is 0 Å². The standard InChI is InChI=1S/C24H32O2/c1-16(12-17-14-19(23(2,3)4)8-10-21(17)25)13-18-15-20(24(5,6)7)9-11-22(18)26/h8-11,14-15,25-26H,1,12-13H2,2-7H3. The zero-order valence-electron chi connectivity index (χ0n) is 17.0. The molecule has 2 rings (SSSR count). The first kappa shape index (κ1) is 20.1. The van der Waals surface area contributed by atoms with Gasteiger partial charge >= 0.3 is 0 Å². The van der Waals surface area contributed by atoms with Gasteiger partial charge in [-0.25, -0.2) is 0 Å². The molecule has 0 aliphatic rings. The number of rotatable bonds is 4. The van der Waals surface area contributed by atoms with E-state index in [0.29, 0.717) is 24.3 Å². The second kappa shape index (κ2) is 7.19. The molecular formula is C24H32O2. The summed E-state index contributed by atoms with van der Waals surface area (Å²) in [6, 6.07) is 11.6. The highest BCUT2D eigenvalue weighted by molar-refractivity contribution is 5.44. The van der Waals surface area contributed by atoms with Crippen LogP contribution in [0.5, 0.6) is 11.5 Å². The molecule has 0 bridgehead atoms. The average molecular weight is 353 g/mol. The number of allylic oxidation sites excluding steroid dienone is 1. The summed E-state index contributed by atoms with van der Waals surface area (Å²) in [5, 5.41) is 20.5. The van der Waals surface area contributed by atoms with E-state index in [1.165, 1.54) is 11.1 Å². The third kappa shape index (κ3) is 4.91. The summed E-state index contributed by atoms with van der Waals surface area (Å²) < 4.78 is 0. The van der Waals surface area contributed by atoms with Crippen molar-refractivity contribution in [3.63, 3.8) is 0 Å². The predicted molar refractivity (Wildman–Crippen MR) is 110 cm³/mol. The van der Waals surface area contributed by atoms with E-state index >= 15 is 0 Å². The molecule has 2 aromatic rings. The average Bonchev–Trinajstić information content (AvgIpc) is 2.49. The van der Waals surface area contributed by atoms with Crippen molar-refractivity contribution >= 4 is 0 Å². The van der Waals surface area contributed by atoms with Crippen molar-refractivity contribution < 1.29 is 10.2 Å². The maximum atomic E-state index is 10.2. The Morgan fingerprint density at radius 3 is 1.38 bits per heavy atom. The molecule has 0 amide bonds. The van der Waals surface area contributed by atoms with Gasteiger partial charge in [-0.1, -0.05) is 78.0 Å². The first-order valence-electron chi connectivity index (χ1n) is 9.19. The van der Waals surface area contributed by atoms with Gasteiger partial charge in [0.1, 0.15) is 11.5 Å². The molecular weight excluding hydrogens is 320 g/mol. The van der Waals surface area contributed by atoms with E-state index in [2.05, 4.69) is 60.3 Å². The molecule has 0 atom stereocenters. The Kier molecular flexibility index (Phi) is 5.55. The number of hydrogen-bond acceptors (Lipinski definition) is 2. The van der Waals surface area contributed by atoms with Crippen LogP contribution in [0.15, 0.2) is 48.6 Å². The van der Waals surface area contributed by atoms with E-state index in [0.717, 1.165) is 16.7 Å². The fourth-order valence-corrected chi connectivity index (χ4v) is 2.99. The lowest BCUT2D eigenvalue weighted by molar-refractivity contribution is 0.466. The van der Waals surface area contributed by atoms with Crippen molar-refractivity contribution in [1.29, 1.82) is 0 Å². The fraction of sp³-hybridized carbons (Fsp3) is 0.417. The van der Waals surface area contributed by atoms with Gasteiger partial charge in [0.2, 0.25) is 0 Å². The van der Waals surface area contributed by atoms with Gasteiger partial charge in [0.15, 0.2) is 0 Å². The van der Waals surface area contributed by atoms with Crippen molar-refractivity contribution in [1.82, 2.24) is 0 Å². The third-order valence-electron chi connectivity index (χ3n) is 4.77. The minimum atomic E-state index is 0.0308. The molecule has 0 fully saturated rings. The summed E-state index contributed by atoms with van der Waals surface area (Å²) in [5.41, 5.74) is 5.17. The number of phenolic OH excluding ortho intramolecular Hbond substituents is 2. The van der Waals surface area contributed by atoms with E-state index in [9.17, 15) is 10.2 Å². The number of benzene rings is 2. The summed E-state index contributed by atoms with van der Waals surface area (Å²) in [5.74, 6) is 0.596. The highest BCUT2D eigenvalue weighted by atomic mass is 16.3. The lowest BCUT2D eigenvalue weighted by Crippen LogP contribution is -2.12. The van der Waals surface area contributed by atoms with Gasteiger partial charge in [0.25, 0.3) is 0 Å². The van der Waals surface area contributed by atoms with Crippen LogP contribution in [0, 0.1) is 0 Å². The fourth-order valence-electron chi connectivity index (χ4n) is 2.99. The second-order valence-corrected chi connectivity index (χ2v) is 9.29. The van der Waals surface area contributed by atoms with Gasteiger partial charge in [-0.3, -0.25) is 0 Å². The van der Waals surface area contributed by atoms with Crippen LogP contribution in [0.2, 0.25) is 0 Å². The Labute approximate surface area is 158 Å². The molecule has 0 unspecified atom stereocenters. The molecule has 0 aromatic heterocycles. The van der Waals surface area contributed by atoms with E-state index in [-0.39, 0.29) is 10.8 Å². The molecule has 26 heavy (non-hydrogen) atoms. The Hall–Kier alpha value is -2.22. The number of phenols is 2. The highest BCUT2D eigenvalue weighted by Gasteiger charge is 2.18. The molecule has 2 nitrogen and oxygen atoms in total. The molecule has 0 radical (unpaired) electrons. The van der Waals surface area contributed by atoms with Crippen LogP contribution in [-0.2, 0) is 23.7 Å². The van der Waals surface area contributed by atoms with E-state index in [1.54, 1.807) is 12.1 Å². The summed E-state index contributed by atoms with van der Waals surface area (Å²) in [6.07, 6.45) is 1.18. The largest absolute Gasteiger partial charge is 0.508 e. The van der Waals surface area contributed by atoms with Crippen molar-refractivity contribution in [3.8, 4) is 11.5 Å². The minimum absolute atomic E-state index is 0.0308. The topological polar surface area (TPSA) is 40.5 Å². The van der Waals surface area contributed by atoms with Crippen LogP contribution >= 0.6 is 0 Å². The van der Waals surface area contributed by atoms with Gasteiger partial charge in [0, 0.05) is 0 Å². The lowest BCUT2D eigenvalue weighted by Gasteiger charge is -2.21. The van der Waals surface area contributed by atoms with Gasteiger partial charge in [0.05, 0.1) is 0 Å². The van der Waals surface area contributed by atoms with E-state index in [4.69, 9.17) is 0 Å². The summed E-state index contributed by atoms with van der Waals surface area (Å²) in [4.78, 5) is 0. The molecule has 140 valence electrons. The van der Waals surface area contributed by atoms with Crippen molar-refractivity contribution in [3.05, 3.63) is 70.8 Å². The highest BCUT2D eigenvalue weighted by Crippen LogP contribution is 2.31. The van der Waals surface area contributed by atoms with Crippen LogP contribution in [0.1, 0.15) is 63.8 Å². The van der Waals surface area contributed by atoms with Gasteiger partial charge < -0.3 is 10.2 Å². The minimum Gasteiger partial charge on any atom is -0.508 e. The molecule has 2 N–H and O–H groups in total. The lowest BCUT2D eigenvalue weighted by atomic mass is 9.84. The molecule has 2 heteroatoms. The first-order valence-corrected chi connectivity index (χ1v) is 9.19. The molecule has 0 saturated heterocycles. The summed E-state index contributed by atoms with van der Waals surface area (Å²) >= 11 is 0. The SMILES string of the molecule is C=C(Cc1cc(C(C)(C)C)ccc1O)Cc1cc(C(C)(C)C)ccc1O. The predicted octanol–water partition coefficient (Wildman–Crippen LogP) is 6.03.